The Labute approximate surface area is 224 Å². The minimum atomic E-state index is -0.852. The molecule has 2 amide bonds. The number of benzene rings is 1. The van der Waals surface area contributed by atoms with Crippen LogP contribution in [0.25, 0.3) is 11.6 Å². The molecular weight excluding hydrogens is 482 g/mol. The largest absolute Gasteiger partial charge is 0.459 e. The van der Waals surface area contributed by atoms with Gasteiger partial charge in [-0.1, -0.05) is 56.2 Å². The molecule has 3 N–H and O–H groups in total. The van der Waals surface area contributed by atoms with Crippen LogP contribution in [0.3, 0.4) is 0 Å². The molecular formula is C31H39NO6. The summed E-state index contributed by atoms with van der Waals surface area (Å²) in [6, 6.07) is 13.4. The van der Waals surface area contributed by atoms with E-state index in [0.29, 0.717) is 43.7 Å². The normalized spacial score (nSPS) is 22.8. The number of aliphatic hydroxyl groups excluding tert-OH is 3. The van der Waals surface area contributed by atoms with Gasteiger partial charge in [-0.3, -0.25) is 14.5 Å². The highest BCUT2D eigenvalue weighted by Gasteiger charge is 2.54. The van der Waals surface area contributed by atoms with Gasteiger partial charge in [-0.15, -0.1) is 0 Å². The quantitative estimate of drug-likeness (QED) is 0.279. The summed E-state index contributed by atoms with van der Waals surface area (Å²) in [7, 11) is 0. The second kappa shape index (κ2) is 12.7. The first-order valence-electron chi connectivity index (χ1n) is 13.7. The molecule has 1 aliphatic carbocycles. The van der Waals surface area contributed by atoms with Gasteiger partial charge in [0.25, 0.3) is 0 Å². The number of carbonyl (C=O) groups is 2. The lowest BCUT2D eigenvalue weighted by molar-refractivity contribution is -0.140. The Bertz CT molecular complexity index is 1180. The van der Waals surface area contributed by atoms with Crippen LogP contribution in [-0.2, 0) is 16.2 Å². The van der Waals surface area contributed by atoms with Gasteiger partial charge in [0.1, 0.15) is 18.1 Å². The average Bonchev–Trinajstić information content (AvgIpc) is 3.49. The second-order valence-electron chi connectivity index (χ2n) is 10.3. The molecule has 0 bridgehead atoms. The molecule has 4 rings (SSSR count). The van der Waals surface area contributed by atoms with E-state index >= 15 is 0 Å². The summed E-state index contributed by atoms with van der Waals surface area (Å²) in [6.07, 6.45) is 4.72. The zero-order chi connectivity index (χ0) is 27.2. The molecule has 0 radical (unpaired) electrons. The van der Waals surface area contributed by atoms with Gasteiger partial charge in [0.15, 0.2) is 0 Å². The summed E-state index contributed by atoms with van der Waals surface area (Å²) in [5.41, 5.74) is 3.71. The van der Waals surface area contributed by atoms with Gasteiger partial charge in [-0.25, -0.2) is 0 Å². The number of imide groups is 1. The number of fused-ring (bicyclic) bond motifs is 1. The number of hydrogen-bond donors (Lipinski definition) is 3. The lowest BCUT2D eigenvalue weighted by Crippen LogP contribution is -2.39. The van der Waals surface area contributed by atoms with Crippen molar-refractivity contribution < 1.29 is 29.3 Å². The molecule has 1 aromatic carbocycles. The van der Waals surface area contributed by atoms with Crippen LogP contribution in [0.5, 0.6) is 0 Å². The predicted octanol–water partition coefficient (Wildman–Crippen LogP) is 4.57. The number of aliphatic hydroxyl groups is 3. The number of nitrogens with zero attached hydrogens (tertiary/aromatic N) is 1. The summed E-state index contributed by atoms with van der Waals surface area (Å²) in [5, 5.41) is 31.4. The van der Waals surface area contributed by atoms with Gasteiger partial charge in [0, 0.05) is 12.5 Å². The fraction of sp³-hybridized carbons (Fsp3) is 0.484. The van der Waals surface area contributed by atoms with Crippen molar-refractivity contribution in [3.63, 3.8) is 0 Å². The Morgan fingerprint density at radius 2 is 1.84 bits per heavy atom. The van der Waals surface area contributed by atoms with Gasteiger partial charge >= 0.3 is 0 Å². The number of rotatable bonds is 12. The SMILES string of the molecule is CCCC1=C([C@H](O)CC/C(=C/c2ccc(CO)o2)c2ccccc2)[C@H](CO)[C@@H]2C(=O)N(CCC)C(=O)[C@@H]2C1. The lowest BCUT2D eigenvalue weighted by atomic mass is 9.67. The van der Waals surface area contributed by atoms with Gasteiger partial charge in [0.2, 0.25) is 11.8 Å². The van der Waals surface area contributed by atoms with E-state index in [0.717, 1.165) is 35.1 Å². The second-order valence-corrected chi connectivity index (χ2v) is 10.3. The van der Waals surface area contributed by atoms with Crippen LogP contribution in [-0.4, -0.2) is 51.3 Å². The van der Waals surface area contributed by atoms with E-state index in [-0.39, 0.29) is 25.0 Å². The number of likely N-dealkylation sites (tertiary alicyclic amines) is 1. The fourth-order valence-electron chi connectivity index (χ4n) is 6.14. The maximum absolute atomic E-state index is 13.3. The lowest BCUT2D eigenvalue weighted by Gasteiger charge is -2.36. The first-order chi connectivity index (χ1) is 18.4. The van der Waals surface area contributed by atoms with E-state index in [1.165, 1.54) is 4.90 Å². The zero-order valence-corrected chi connectivity index (χ0v) is 22.3. The average molecular weight is 522 g/mol. The first kappa shape index (κ1) is 28.0. The number of furan rings is 1. The van der Waals surface area contributed by atoms with Gasteiger partial charge in [-0.05, 0) is 67.0 Å². The standard InChI is InChI=1S/C31H39NO6/c1-3-8-22-17-25-29(31(37)32(15-4-2)30(25)36)26(19-34)28(22)27(35)14-11-21(20-9-6-5-7-10-20)16-23-12-13-24(18-33)38-23/h5-7,9-10,12-13,16,25-27,29,33-35H,3-4,8,11,14-15,17-19H2,1-2H3/b21-16-/t25-,26+,27-,29-/m1/s1. The fourth-order valence-corrected chi connectivity index (χ4v) is 6.14. The summed E-state index contributed by atoms with van der Waals surface area (Å²) >= 11 is 0. The van der Waals surface area contributed by atoms with Crippen molar-refractivity contribution in [2.45, 2.75) is 65.1 Å². The molecule has 38 heavy (non-hydrogen) atoms. The predicted molar refractivity (Wildman–Crippen MR) is 145 cm³/mol. The summed E-state index contributed by atoms with van der Waals surface area (Å²) in [4.78, 5) is 27.7. The highest BCUT2D eigenvalue weighted by molar-refractivity contribution is 6.05. The van der Waals surface area contributed by atoms with E-state index in [4.69, 9.17) is 4.42 Å². The van der Waals surface area contributed by atoms with Crippen molar-refractivity contribution in [2.75, 3.05) is 13.2 Å². The minimum Gasteiger partial charge on any atom is -0.459 e. The molecule has 0 saturated carbocycles. The third kappa shape index (κ3) is 5.70. The molecule has 1 aromatic heterocycles. The van der Waals surface area contributed by atoms with Crippen LogP contribution in [0.4, 0.5) is 0 Å². The van der Waals surface area contributed by atoms with Crippen LogP contribution >= 0.6 is 0 Å². The molecule has 1 fully saturated rings. The van der Waals surface area contributed by atoms with Crippen LogP contribution in [0.15, 0.2) is 58.0 Å². The summed E-state index contributed by atoms with van der Waals surface area (Å²) < 4.78 is 5.69. The zero-order valence-electron chi connectivity index (χ0n) is 22.3. The Kier molecular flexibility index (Phi) is 9.36. The van der Waals surface area contributed by atoms with Crippen LogP contribution in [0.2, 0.25) is 0 Å². The third-order valence-electron chi connectivity index (χ3n) is 7.82. The molecule has 0 unspecified atom stereocenters. The highest BCUT2D eigenvalue weighted by Crippen LogP contribution is 2.47. The van der Waals surface area contributed by atoms with E-state index in [1.54, 1.807) is 12.1 Å². The van der Waals surface area contributed by atoms with Crippen molar-refractivity contribution in [3.8, 4) is 0 Å². The molecule has 2 heterocycles. The molecule has 0 spiro atoms. The van der Waals surface area contributed by atoms with Crippen LogP contribution < -0.4 is 0 Å². The maximum atomic E-state index is 13.3. The number of allylic oxidation sites excluding steroid dienone is 2. The van der Waals surface area contributed by atoms with Crippen LogP contribution in [0.1, 0.15) is 69.5 Å². The first-order valence-corrected chi connectivity index (χ1v) is 13.7. The molecule has 1 aliphatic heterocycles. The molecule has 2 aliphatic rings. The van der Waals surface area contributed by atoms with Crippen molar-refractivity contribution in [1.82, 2.24) is 4.90 Å². The molecule has 4 atom stereocenters. The summed E-state index contributed by atoms with van der Waals surface area (Å²) in [6.45, 7) is 3.93. The topological polar surface area (TPSA) is 111 Å². The molecule has 1 saturated heterocycles. The molecule has 7 heteroatoms. The smallest absolute Gasteiger partial charge is 0.233 e. The number of hydrogen-bond acceptors (Lipinski definition) is 6. The van der Waals surface area contributed by atoms with E-state index in [2.05, 4.69) is 6.92 Å². The Balaban J connectivity index is 1.62. The monoisotopic (exact) mass is 521 g/mol. The Hall–Kier alpha value is -3.00. The number of amides is 2. The molecule has 2 aromatic rings. The Morgan fingerprint density at radius 1 is 1.08 bits per heavy atom. The van der Waals surface area contributed by atoms with Gasteiger partial charge < -0.3 is 19.7 Å². The van der Waals surface area contributed by atoms with Crippen molar-refractivity contribution in [1.29, 1.82) is 0 Å². The highest BCUT2D eigenvalue weighted by atomic mass is 16.4. The van der Waals surface area contributed by atoms with Crippen LogP contribution in [0, 0.1) is 17.8 Å². The van der Waals surface area contributed by atoms with E-state index in [1.807, 2.05) is 43.3 Å². The van der Waals surface area contributed by atoms with Gasteiger partial charge in [-0.2, -0.15) is 0 Å². The van der Waals surface area contributed by atoms with E-state index < -0.39 is 23.9 Å². The Morgan fingerprint density at radius 3 is 2.47 bits per heavy atom. The van der Waals surface area contributed by atoms with Crippen molar-refractivity contribution in [3.05, 3.63) is 70.7 Å². The van der Waals surface area contributed by atoms with Crippen molar-refractivity contribution >= 4 is 23.5 Å². The molecule has 204 valence electrons. The van der Waals surface area contributed by atoms with Gasteiger partial charge in [0.05, 0.1) is 24.5 Å². The molecule has 7 nitrogen and oxygen atoms in total. The van der Waals surface area contributed by atoms with Crippen molar-refractivity contribution in [2.24, 2.45) is 17.8 Å². The number of carbonyl (C=O) groups excluding carboxylic acids is 2. The van der Waals surface area contributed by atoms with E-state index in [9.17, 15) is 24.9 Å². The maximum Gasteiger partial charge on any atom is 0.233 e. The third-order valence-corrected chi connectivity index (χ3v) is 7.82. The summed E-state index contributed by atoms with van der Waals surface area (Å²) in [5.74, 6) is -0.899. The minimum absolute atomic E-state index is 0.141.